The number of esters is 1. The summed E-state index contributed by atoms with van der Waals surface area (Å²) in [5.41, 5.74) is 8.54. The largest absolute Gasteiger partial charge is 0.465 e. The lowest BCUT2D eigenvalue weighted by Crippen LogP contribution is -2.17. The number of anilines is 2. The molecule has 0 radical (unpaired) electrons. The summed E-state index contributed by atoms with van der Waals surface area (Å²) in [5, 5.41) is 0.702. The van der Waals surface area contributed by atoms with Crippen LogP contribution >= 0.6 is 11.6 Å². The van der Waals surface area contributed by atoms with Crippen molar-refractivity contribution in [2.75, 3.05) is 24.8 Å². The topological polar surface area (TPSA) is 55.6 Å². The first-order valence-corrected chi connectivity index (χ1v) is 6.82. The number of nitrogen functional groups attached to an aromatic ring is 1. The average Bonchev–Trinajstić information content (AvgIpc) is 2.47. The lowest BCUT2D eigenvalue weighted by Gasteiger charge is -2.20. The summed E-state index contributed by atoms with van der Waals surface area (Å²) in [6.07, 6.45) is 0. The third kappa shape index (κ3) is 3.67. The van der Waals surface area contributed by atoms with Gasteiger partial charge in [0.05, 0.1) is 12.7 Å². The minimum absolute atomic E-state index is 0.368. The van der Waals surface area contributed by atoms with E-state index in [-0.39, 0.29) is 0 Å². The molecule has 0 saturated carbocycles. The van der Waals surface area contributed by atoms with Gasteiger partial charge in [0.25, 0.3) is 0 Å². The molecule has 0 saturated heterocycles. The predicted octanol–water partition coefficient (Wildman–Crippen LogP) is 3.35. The summed E-state index contributed by atoms with van der Waals surface area (Å²) in [4.78, 5) is 13.7. The zero-order chi connectivity index (χ0) is 15.4. The standard InChI is InChI=1S/C16H17ClN2O2/c1-19(10-11-4-3-5-12(17)8-11)13-6-7-15(18)14(9-13)16(20)21-2/h3-9H,10,18H2,1-2H3. The molecule has 110 valence electrons. The van der Waals surface area contributed by atoms with Crippen molar-refractivity contribution in [3.05, 3.63) is 58.6 Å². The van der Waals surface area contributed by atoms with Gasteiger partial charge in [-0.15, -0.1) is 0 Å². The number of halogens is 1. The van der Waals surface area contributed by atoms with Gasteiger partial charge >= 0.3 is 5.97 Å². The summed E-state index contributed by atoms with van der Waals surface area (Å²) in [6, 6.07) is 13.0. The second kappa shape index (κ2) is 6.50. The molecule has 0 unspecified atom stereocenters. The van der Waals surface area contributed by atoms with Gasteiger partial charge in [0.1, 0.15) is 0 Å². The molecule has 0 aliphatic heterocycles. The van der Waals surface area contributed by atoms with Crippen LogP contribution in [-0.4, -0.2) is 20.1 Å². The summed E-state index contributed by atoms with van der Waals surface area (Å²) in [6.45, 7) is 0.672. The van der Waals surface area contributed by atoms with Gasteiger partial charge in [0, 0.05) is 30.0 Å². The molecule has 0 bridgehead atoms. The molecular weight excluding hydrogens is 288 g/mol. The third-order valence-corrected chi connectivity index (χ3v) is 3.43. The Balaban J connectivity index is 2.23. The van der Waals surface area contributed by atoms with Gasteiger partial charge in [-0.25, -0.2) is 4.79 Å². The third-order valence-electron chi connectivity index (χ3n) is 3.19. The summed E-state index contributed by atoms with van der Waals surface area (Å²) < 4.78 is 4.73. The van der Waals surface area contributed by atoms with E-state index in [0.29, 0.717) is 22.8 Å². The smallest absolute Gasteiger partial charge is 0.340 e. The second-order valence-electron chi connectivity index (χ2n) is 4.75. The van der Waals surface area contributed by atoms with Crippen LogP contribution in [0.2, 0.25) is 5.02 Å². The van der Waals surface area contributed by atoms with Crippen molar-refractivity contribution < 1.29 is 9.53 Å². The zero-order valence-corrected chi connectivity index (χ0v) is 12.7. The maximum atomic E-state index is 11.7. The van der Waals surface area contributed by atoms with Crippen molar-refractivity contribution in [1.82, 2.24) is 0 Å². The van der Waals surface area contributed by atoms with Crippen molar-refractivity contribution >= 4 is 28.9 Å². The van der Waals surface area contributed by atoms with E-state index in [1.807, 2.05) is 42.3 Å². The van der Waals surface area contributed by atoms with Crippen LogP contribution < -0.4 is 10.6 Å². The first-order chi connectivity index (χ1) is 10.0. The normalized spacial score (nSPS) is 10.2. The van der Waals surface area contributed by atoms with Crippen molar-refractivity contribution in [3.8, 4) is 0 Å². The molecule has 2 aromatic rings. The summed E-state index contributed by atoms with van der Waals surface area (Å²) >= 11 is 5.98. The van der Waals surface area contributed by atoms with E-state index in [1.54, 1.807) is 12.1 Å². The van der Waals surface area contributed by atoms with Crippen LogP contribution in [0.4, 0.5) is 11.4 Å². The minimum atomic E-state index is -0.439. The van der Waals surface area contributed by atoms with E-state index in [0.717, 1.165) is 11.3 Å². The lowest BCUT2D eigenvalue weighted by atomic mass is 10.1. The number of benzene rings is 2. The average molecular weight is 305 g/mol. The van der Waals surface area contributed by atoms with Gasteiger partial charge in [0.15, 0.2) is 0 Å². The fourth-order valence-electron chi connectivity index (χ4n) is 2.07. The highest BCUT2D eigenvalue weighted by Gasteiger charge is 2.12. The molecule has 4 nitrogen and oxygen atoms in total. The van der Waals surface area contributed by atoms with Gasteiger partial charge in [-0.1, -0.05) is 23.7 Å². The molecule has 0 spiro atoms. The van der Waals surface area contributed by atoms with Crippen LogP contribution in [0.1, 0.15) is 15.9 Å². The summed E-state index contributed by atoms with van der Waals surface area (Å²) in [5.74, 6) is -0.439. The molecule has 2 aromatic carbocycles. The number of nitrogens with zero attached hydrogens (tertiary/aromatic N) is 1. The first-order valence-electron chi connectivity index (χ1n) is 6.44. The van der Waals surface area contributed by atoms with Crippen LogP contribution in [0.15, 0.2) is 42.5 Å². The molecular formula is C16H17ClN2O2. The fourth-order valence-corrected chi connectivity index (χ4v) is 2.28. The monoisotopic (exact) mass is 304 g/mol. The molecule has 21 heavy (non-hydrogen) atoms. The Bertz CT molecular complexity index is 658. The van der Waals surface area contributed by atoms with Crippen molar-refractivity contribution in [2.45, 2.75) is 6.54 Å². The number of ether oxygens (including phenoxy) is 1. The summed E-state index contributed by atoms with van der Waals surface area (Å²) in [7, 11) is 3.28. The highest BCUT2D eigenvalue weighted by Crippen LogP contribution is 2.23. The van der Waals surface area contributed by atoms with Gasteiger partial charge in [0.2, 0.25) is 0 Å². The molecule has 2 N–H and O–H groups in total. The van der Waals surface area contributed by atoms with Crippen molar-refractivity contribution in [2.24, 2.45) is 0 Å². The van der Waals surface area contributed by atoms with E-state index in [4.69, 9.17) is 22.1 Å². The number of nitrogens with two attached hydrogens (primary N) is 1. The first kappa shape index (κ1) is 15.2. The fraction of sp³-hybridized carbons (Fsp3) is 0.188. The van der Waals surface area contributed by atoms with Crippen molar-refractivity contribution in [1.29, 1.82) is 0 Å². The van der Waals surface area contributed by atoms with Gasteiger partial charge < -0.3 is 15.4 Å². The second-order valence-corrected chi connectivity index (χ2v) is 5.19. The maximum absolute atomic E-state index is 11.7. The number of methoxy groups -OCH3 is 1. The Morgan fingerprint density at radius 3 is 2.71 bits per heavy atom. The minimum Gasteiger partial charge on any atom is -0.465 e. The molecule has 0 aromatic heterocycles. The molecule has 0 aliphatic carbocycles. The van der Waals surface area contributed by atoms with E-state index in [2.05, 4.69) is 0 Å². The molecule has 0 amide bonds. The number of hydrogen-bond acceptors (Lipinski definition) is 4. The van der Waals surface area contributed by atoms with Gasteiger partial charge in [-0.05, 0) is 35.9 Å². The van der Waals surface area contributed by atoms with E-state index in [9.17, 15) is 4.79 Å². The van der Waals surface area contributed by atoms with E-state index >= 15 is 0 Å². The number of carbonyl (C=O) groups excluding carboxylic acids is 1. The lowest BCUT2D eigenvalue weighted by molar-refractivity contribution is 0.0602. The number of hydrogen-bond donors (Lipinski definition) is 1. The molecule has 5 heteroatoms. The molecule has 0 heterocycles. The quantitative estimate of drug-likeness (QED) is 0.695. The van der Waals surface area contributed by atoms with Crippen LogP contribution in [-0.2, 0) is 11.3 Å². The van der Waals surface area contributed by atoms with Gasteiger partial charge in [-0.2, -0.15) is 0 Å². The van der Waals surface area contributed by atoms with Crippen molar-refractivity contribution in [3.63, 3.8) is 0 Å². The predicted molar refractivity (Wildman–Crippen MR) is 85.8 cm³/mol. The van der Waals surface area contributed by atoms with E-state index in [1.165, 1.54) is 7.11 Å². The molecule has 0 fully saturated rings. The van der Waals surface area contributed by atoms with Crippen LogP contribution in [0, 0.1) is 0 Å². The van der Waals surface area contributed by atoms with Crippen LogP contribution in [0.5, 0.6) is 0 Å². The molecule has 0 atom stereocenters. The van der Waals surface area contributed by atoms with Crippen LogP contribution in [0.25, 0.3) is 0 Å². The van der Waals surface area contributed by atoms with Crippen LogP contribution in [0.3, 0.4) is 0 Å². The Morgan fingerprint density at radius 2 is 2.05 bits per heavy atom. The zero-order valence-electron chi connectivity index (χ0n) is 12.0. The molecule has 2 rings (SSSR count). The highest BCUT2D eigenvalue weighted by molar-refractivity contribution is 6.30. The Morgan fingerprint density at radius 1 is 1.29 bits per heavy atom. The van der Waals surface area contributed by atoms with E-state index < -0.39 is 5.97 Å². The SMILES string of the molecule is COC(=O)c1cc(N(C)Cc2cccc(Cl)c2)ccc1N. The highest BCUT2D eigenvalue weighted by atomic mass is 35.5. The number of rotatable bonds is 4. The van der Waals surface area contributed by atoms with Gasteiger partial charge in [-0.3, -0.25) is 0 Å². The number of carbonyl (C=O) groups is 1. The maximum Gasteiger partial charge on any atom is 0.340 e. The Labute approximate surface area is 129 Å². The Hall–Kier alpha value is -2.20. The Kier molecular flexibility index (Phi) is 4.70. The molecule has 0 aliphatic rings.